The smallest absolute Gasteiger partial charge is 0.338 e. The number of cyclic esters (lactones) is 1. The maximum atomic E-state index is 15.4. The number of likely N-dealkylation sites (N-methyl/N-ethyl adjacent to an activating group) is 2. The van der Waals surface area contributed by atoms with E-state index in [9.17, 15) is 14.4 Å². The minimum atomic E-state index is -1.50. The normalized spacial score (nSPS) is 33.9. The molecule has 14 atom stereocenters. The van der Waals surface area contributed by atoms with Crippen molar-refractivity contribution < 1.29 is 52.4 Å². The van der Waals surface area contributed by atoms with Gasteiger partial charge in [-0.15, -0.1) is 0 Å². The van der Waals surface area contributed by atoms with Crippen LogP contribution >= 0.6 is 0 Å². The highest BCUT2D eigenvalue weighted by Gasteiger charge is 2.55. The van der Waals surface area contributed by atoms with Crippen molar-refractivity contribution in [1.29, 1.82) is 0 Å². The molecule has 0 saturated carbocycles. The third-order valence-corrected chi connectivity index (χ3v) is 15.3. The molecule has 388 valence electrons. The zero-order valence-corrected chi connectivity index (χ0v) is 43.9. The largest absolute Gasteiger partial charge is 0.458 e. The molecule has 0 bridgehead atoms. The van der Waals surface area contributed by atoms with Crippen molar-refractivity contribution in [1.82, 2.24) is 19.7 Å². The summed E-state index contributed by atoms with van der Waals surface area (Å²) < 4.78 is 39.4. The van der Waals surface area contributed by atoms with Crippen molar-refractivity contribution >= 4 is 47.0 Å². The molecule has 3 aliphatic heterocycles. The first-order valence-electron chi connectivity index (χ1n) is 25.4. The summed E-state index contributed by atoms with van der Waals surface area (Å²) in [5.41, 5.74) is -0.892. The number of nitrogens with zero attached hydrogens (tertiary/aromatic N) is 4. The number of benzene rings is 2. The number of aromatic nitrogens is 1. The molecule has 6 rings (SSSR count). The minimum absolute atomic E-state index is 0.0252. The molecule has 3 aromatic rings. The Balaban J connectivity index is 1.46. The van der Waals surface area contributed by atoms with E-state index in [0.29, 0.717) is 25.0 Å². The van der Waals surface area contributed by atoms with Crippen molar-refractivity contribution in [3.8, 4) is 0 Å². The summed E-state index contributed by atoms with van der Waals surface area (Å²) in [7, 11) is 7.80. The summed E-state index contributed by atoms with van der Waals surface area (Å²) in [6, 6.07) is 17.4. The van der Waals surface area contributed by atoms with Gasteiger partial charge in [0.15, 0.2) is 23.8 Å². The van der Waals surface area contributed by atoms with Crippen LogP contribution in [0.3, 0.4) is 0 Å². The molecule has 2 aromatic carbocycles. The van der Waals surface area contributed by atoms with Gasteiger partial charge in [0.05, 0.1) is 47.6 Å². The monoisotopic (exact) mass is 983 g/mol. The standard InChI is InChI=1S/C56H78N4O11/c1-13-46-56(8,67-34-61)50(60(12)33-41-25-26-59(11)32-41)37(4)47(62)35(2)30-55(7,66-27-19-20-40-29-43-23-17-18-24-44(43)57-31-40)51(38(5)48(63)39(6)52(64)69-46)71-54-49(45(58(9)10)28-36(3)68-54)70-53(65)42-21-15-14-16-22-42/h14-24,29,31,34-39,41,45-46,49-51,54H,13,25-28,30,32-33H2,1-12H3/b20-19+/t35-,36-,37+,38+,39-,41?,45+,46-,49-,50-,51-,54+,55-,56-/m1/s1. The Morgan fingerprint density at radius 3 is 2.32 bits per heavy atom. The average Bonchev–Trinajstić information content (AvgIpc) is 3.76. The molecule has 0 amide bonds. The van der Waals surface area contributed by atoms with Crippen LogP contribution in [-0.4, -0.2) is 158 Å². The van der Waals surface area contributed by atoms with Crippen molar-refractivity contribution in [3.63, 3.8) is 0 Å². The number of esters is 2. The van der Waals surface area contributed by atoms with E-state index < -0.39 is 83.2 Å². The van der Waals surface area contributed by atoms with Crippen molar-refractivity contribution in [2.24, 2.45) is 29.6 Å². The zero-order valence-electron chi connectivity index (χ0n) is 43.9. The van der Waals surface area contributed by atoms with Crippen LogP contribution in [0.5, 0.6) is 0 Å². The van der Waals surface area contributed by atoms with Crippen molar-refractivity contribution in [3.05, 3.63) is 84.1 Å². The first-order chi connectivity index (χ1) is 33.7. The second-order valence-corrected chi connectivity index (χ2v) is 21.1. The number of ether oxygens (including phenoxy) is 6. The van der Waals surface area contributed by atoms with Crippen LogP contribution in [0.4, 0.5) is 0 Å². The number of ketones is 2. The highest BCUT2D eigenvalue weighted by Crippen LogP contribution is 2.41. The number of para-hydroxylation sites is 1. The van der Waals surface area contributed by atoms with Gasteiger partial charge < -0.3 is 38.2 Å². The van der Waals surface area contributed by atoms with E-state index in [-0.39, 0.29) is 43.3 Å². The molecule has 1 unspecified atom stereocenters. The van der Waals surface area contributed by atoms with E-state index in [4.69, 9.17) is 28.4 Å². The summed E-state index contributed by atoms with van der Waals surface area (Å²) in [6.45, 7) is 16.9. The molecular weight excluding hydrogens is 905 g/mol. The van der Waals surface area contributed by atoms with Gasteiger partial charge in [0.2, 0.25) is 0 Å². The van der Waals surface area contributed by atoms with E-state index in [1.54, 1.807) is 44.3 Å². The molecule has 15 heteroatoms. The van der Waals surface area contributed by atoms with Crippen molar-refractivity contribution in [2.45, 2.75) is 135 Å². The lowest BCUT2D eigenvalue weighted by Crippen LogP contribution is -2.64. The second kappa shape index (κ2) is 24.2. The Kier molecular flexibility index (Phi) is 18.9. The maximum absolute atomic E-state index is 15.4. The maximum Gasteiger partial charge on any atom is 0.338 e. The molecule has 71 heavy (non-hydrogen) atoms. The third kappa shape index (κ3) is 13.0. The van der Waals surface area contributed by atoms with Gasteiger partial charge in [0.25, 0.3) is 6.47 Å². The number of Topliss-reactive ketones (excluding diaryl/α,β-unsaturated/α-hetero) is 2. The zero-order chi connectivity index (χ0) is 51.8. The quantitative estimate of drug-likeness (QED) is 0.0645. The Labute approximate surface area is 420 Å². The summed E-state index contributed by atoms with van der Waals surface area (Å²) in [4.78, 5) is 82.3. The molecule has 0 N–H and O–H groups in total. The SMILES string of the molecule is CC[C@H]1OC(=O)[C@H](C)C(=O)[C@H](C)[C@@H](O[C@@H]2O[C@H](C)C[C@H](N(C)C)[C@H]2OC(=O)c2ccccc2)[C@](C)(OC/C=C/c2cnc3ccccc3c2)C[C@@H](C)C(=O)[C@H](C)[C@@H](N(C)CC2CCN(C)C2)[C@]1(C)OC=O. The van der Waals surface area contributed by atoms with Gasteiger partial charge in [-0.25, -0.2) is 4.79 Å². The van der Waals surface area contributed by atoms with Crippen LogP contribution in [0.2, 0.25) is 0 Å². The van der Waals surface area contributed by atoms with Crippen LogP contribution in [0.15, 0.2) is 72.9 Å². The third-order valence-electron chi connectivity index (χ3n) is 15.3. The van der Waals surface area contributed by atoms with Crippen LogP contribution in [0.1, 0.15) is 97.0 Å². The van der Waals surface area contributed by atoms with Gasteiger partial charge >= 0.3 is 11.9 Å². The highest BCUT2D eigenvalue weighted by atomic mass is 16.7. The number of pyridine rings is 1. The van der Waals surface area contributed by atoms with Crippen molar-refractivity contribution in [2.75, 3.05) is 54.4 Å². The molecule has 15 nitrogen and oxygen atoms in total. The van der Waals surface area contributed by atoms with Gasteiger partial charge in [-0.05, 0) is 124 Å². The highest BCUT2D eigenvalue weighted by molar-refractivity contribution is 6.00. The summed E-state index contributed by atoms with van der Waals surface area (Å²) in [6.07, 6.45) is 2.51. The van der Waals surface area contributed by atoms with Gasteiger partial charge in [0.1, 0.15) is 17.8 Å². The van der Waals surface area contributed by atoms with Crippen LogP contribution in [0, 0.1) is 29.6 Å². The molecule has 4 heterocycles. The Morgan fingerprint density at radius 2 is 1.66 bits per heavy atom. The van der Waals surface area contributed by atoms with Gasteiger partial charge in [0, 0.05) is 42.4 Å². The number of likely N-dealkylation sites (tertiary alicyclic amines) is 1. The summed E-state index contributed by atoms with van der Waals surface area (Å²) in [5, 5.41) is 0.975. The lowest BCUT2D eigenvalue weighted by Gasteiger charge is -2.49. The number of hydrogen-bond donors (Lipinski definition) is 0. The first kappa shape index (κ1) is 55.4. The van der Waals surface area contributed by atoms with E-state index in [1.807, 2.05) is 109 Å². The van der Waals surface area contributed by atoms with Gasteiger partial charge in [-0.3, -0.25) is 29.1 Å². The second-order valence-electron chi connectivity index (χ2n) is 21.1. The topological polar surface area (TPSA) is 163 Å². The number of carbonyl (C=O) groups excluding carboxylic acids is 5. The van der Waals surface area contributed by atoms with Crippen LogP contribution in [0.25, 0.3) is 17.0 Å². The fraction of sp³-hybridized carbons (Fsp3) is 0.607. The molecule has 0 spiro atoms. The molecular formula is C56H78N4O11. The number of fused-ring (bicyclic) bond motifs is 1. The molecule has 1 aromatic heterocycles. The van der Waals surface area contributed by atoms with Gasteiger partial charge in [-0.2, -0.15) is 0 Å². The van der Waals surface area contributed by atoms with Crippen LogP contribution < -0.4 is 0 Å². The van der Waals surface area contributed by atoms with E-state index >= 15 is 9.59 Å². The average molecular weight is 983 g/mol. The fourth-order valence-electron chi connectivity index (χ4n) is 11.6. The Bertz CT molecular complexity index is 2330. The van der Waals surface area contributed by atoms with Crippen LogP contribution in [-0.2, 0) is 47.6 Å². The predicted molar refractivity (Wildman–Crippen MR) is 271 cm³/mol. The Morgan fingerprint density at radius 1 is 0.958 bits per heavy atom. The number of carbonyl (C=O) groups is 5. The lowest BCUT2D eigenvalue weighted by molar-refractivity contribution is -0.296. The Hall–Kier alpha value is -4.90. The molecule has 3 aliphatic rings. The summed E-state index contributed by atoms with van der Waals surface area (Å²) in [5.74, 6) is -5.63. The number of rotatable bonds is 15. The molecule has 3 saturated heterocycles. The molecule has 0 radical (unpaired) electrons. The van der Waals surface area contributed by atoms with E-state index in [0.717, 1.165) is 36.0 Å². The molecule has 0 aliphatic carbocycles. The fourth-order valence-corrected chi connectivity index (χ4v) is 11.6. The number of hydrogen-bond acceptors (Lipinski definition) is 15. The van der Waals surface area contributed by atoms with E-state index in [2.05, 4.69) is 21.8 Å². The first-order valence-corrected chi connectivity index (χ1v) is 25.4. The van der Waals surface area contributed by atoms with Gasteiger partial charge in [-0.1, -0.05) is 76.2 Å². The predicted octanol–water partition coefficient (Wildman–Crippen LogP) is 7.29. The minimum Gasteiger partial charge on any atom is -0.458 e. The molecule has 3 fully saturated rings. The lowest BCUT2D eigenvalue weighted by atomic mass is 9.72. The van der Waals surface area contributed by atoms with E-state index in [1.165, 1.54) is 6.92 Å². The summed E-state index contributed by atoms with van der Waals surface area (Å²) >= 11 is 0.